The molecule has 5 rings (SSSR count). The molecule has 6 heteroatoms. The van der Waals surface area contributed by atoms with E-state index in [1.54, 1.807) is 6.20 Å². The summed E-state index contributed by atoms with van der Waals surface area (Å²) in [5.74, 6) is 0.741. The molecule has 0 spiro atoms. The van der Waals surface area contributed by atoms with Crippen LogP contribution in [0.3, 0.4) is 0 Å². The number of nitrogens with one attached hydrogen (secondary N) is 1. The first-order valence-electron chi connectivity index (χ1n) is 11.3. The lowest BCUT2D eigenvalue weighted by atomic mass is 10.0. The van der Waals surface area contributed by atoms with E-state index < -0.39 is 0 Å². The molecule has 1 N–H and O–H groups in total. The Morgan fingerprint density at radius 1 is 1.10 bits per heavy atom. The highest BCUT2D eigenvalue weighted by Crippen LogP contribution is 2.32. The third-order valence-electron chi connectivity index (χ3n) is 6.25. The smallest absolute Gasteiger partial charge is 0.272 e. The summed E-state index contributed by atoms with van der Waals surface area (Å²) >= 11 is 0. The minimum absolute atomic E-state index is 0.103. The van der Waals surface area contributed by atoms with Gasteiger partial charge in [-0.2, -0.15) is 5.10 Å². The predicted molar refractivity (Wildman–Crippen MR) is 119 cm³/mol. The van der Waals surface area contributed by atoms with Crippen molar-refractivity contribution in [1.82, 2.24) is 25.0 Å². The Labute approximate surface area is 183 Å². The van der Waals surface area contributed by atoms with Gasteiger partial charge >= 0.3 is 0 Å². The van der Waals surface area contributed by atoms with Crippen LogP contribution >= 0.6 is 0 Å². The summed E-state index contributed by atoms with van der Waals surface area (Å²) in [4.78, 5) is 19.9. The maximum atomic E-state index is 13.1. The van der Waals surface area contributed by atoms with Gasteiger partial charge in [-0.15, -0.1) is 0 Å². The van der Waals surface area contributed by atoms with Crippen molar-refractivity contribution in [3.05, 3.63) is 82.9 Å². The Morgan fingerprint density at radius 2 is 1.94 bits per heavy atom. The fourth-order valence-corrected chi connectivity index (χ4v) is 4.37. The second-order valence-electron chi connectivity index (χ2n) is 8.66. The Balaban J connectivity index is 1.35. The number of rotatable bonds is 8. The Hall–Kier alpha value is -2.99. The minimum atomic E-state index is -0.103. The first-order valence-corrected chi connectivity index (χ1v) is 11.3. The van der Waals surface area contributed by atoms with E-state index in [1.807, 2.05) is 24.3 Å². The van der Waals surface area contributed by atoms with Crippen molar-refractivity contribution in [2.24, 2.45) is 5.92 Å². The summed E-state index contributed by atoms with van der Waals surface area (Å²) in [6.45, 7) is 4.22. The summed E-state index contributed by atoms with van der Waals surface area (Å²) in [6, 6.07) is 16.2. The fourth-order valence-electron chi connectivity index (χ4n) is 4.37. The number of pyridine rings is 1. The molecule has 0 saturated heterocycles. The van der Waals surface area contributed by atoms with Gasteiger partial charge in [-0.05, 0) is 42.9 Å². The summed E-state index contributed by atoms with van der Waals surface area (Å²) < 4.78 is 2.08. The van der Waals surface area contributed by atoms with E-state index in [0.717, 1.165) is 56.2 Å². The van der Waals surface area contributed by atoms with Crippen LogP contribution in [0.1, 0.15) is 45.8 Å². The van der Waals surface area contributed by atoms with E-state index in [4.69, 9.17) is 5.10 Å². The topological polar surface area (TPSA) is 63.1 Å². The average Bonchev–Trinajstić information content (AvgIpc) is 3.56. The van der Waals surface area contributed by atoms with E-state index in [2.05, 4.69) is 44.1 Å². The number of hydrogen-bond acceptors (Lipinski definition) is 4. The Bertz CT molecular complexity index is 1030. The van der Waals surface area contributed by atoms with Crippen LogP contribution in [0.15, 0.2) is 54.7 Å². The Kier molecular flexibility index (Phi) is 5.80. The van der Waals surface area contributed by atoms with Crippen molar-refractivity contribution < 1.29 is 4.79 Å². The standard InChI is InChI=1S/C25H29N5O/c31-25(27-16-21-8-4-5-13-26-21)24-22-18-29(17-20-9-10-20)14-12-23(22)30(28-24)15-11-19-6-2-1-3-7-19/h1-8,13,20H,9-12,14-18H2,(H,27,31). The van der Waals surface area contributed by atoms with Gasteiger partial charge in [-0.25, -0.2) is 0 Å². The third kappa shape index (κ3) is 4.85. The number of fused-ring (bicyclic) bond motifs is 1. The van der Waals surface area contributed by atoms with Gasteiger partial charge in [0.05, 0.1) is 12.2 Å². The summed E-state index contributed by atoms with van der Waals surface area (Å²) in [5, 5.41) is 7.83. The zero-order valence-electron chi connectivity index (χ0n) is 17.8. The Morgan fingerprint density at radius 3 is 2.71 bits per heavy atom. The van der Waals surface area contributed by atoms with Crippen molar-refractivity contribution in [3.8, 4) is 0 Å². The van der Waals surface area contributed by atoms with Gasteiger partial charge in [0, 0.05) is 50.1 Å². The minimum Gasteiger partial charge on any atom is -0.345 e. The SMILES string of the molecule is O=C(NCc1ccccn1)c1nn(CCc2ccccc2)c2c1CN(CC1CC1)CC2. The van der Waals surface area contributed by atoms with Crippen molar-refractivity contribution >= 4 is 5.91 Å². The van der Waals surface area contributed by atoms with Crippen molar-refractivity contribution in [1.29, 1.82) is 0 Å². The maximum Gasteiger partial charge on any atom is 0.272 e. The second kappa shape index (κ2) is 9.02. The molecular weight excluding hydrogens is 386 g/mol. The zero-order chi connectivity index (χ0) is 21.0. The highest BCUT2D eigenvalue weighted by Gasteiger charge is 2.31. The molecule has 2 aromatic heterocycles. The molecule has 2 aliphatic rings. The predicted octanol–water partition coefficient (Wildman–Crippen LogP) is 3.22. The number of carbonyl (C=O) groups excluding carboxylic acids is 1. The first-order chi connectivity index (χ1) is 15.3. The first kappa shape index (κ1) is 19.9. The molecule has 3 aromatic rings. The third-order valence-corrected chi connectivity index (χ3v) is 6.25. The number of carbonyl (C=O) groups is 1. The number of hydrogen-bond donors (Lipinski definition) is 1. The van der Waals surface area contributed by atoms with E-state index in [1.165, 1.54) is 24.1 Å². The molecule has 1 saturated carbocycles. The fraction of sp³-hybridized carbons (Fsp3) is 0.400. The molecule has 0 radical (unpaired) electrons. The van der Waals surface area contributed by atoms with Crippen LogP contribution in [0, 0.1) is 5.92 Å². The van der Waals surface area contributed by atoms with Gasteiger partial charge in [-0.1, -0.05) is 36.4 Å². The molecule has 1 amide bonds. The van der Waals surface area contributed by atoms with Crippen LogP contribution in [-0.4, -0.2) is 38.7 Å². The molecule has 1 aliphatic heterocycles. The summed E-state index contributed by atoms with van der Waals surface area (Å²) in [5.41, 5.74) is 5.06. The van der Waals surface area contributed by atoms with Crippen LogP contribution < -0.4 is 5.32 Å². The van der Waals surface area contributed by atoms with E-state index >= 15 is 0 Å². The molecule has 1 aromatic carbocycles. The van der Waals surface area contributed by atoms with E-state index in [9.17, 15) is 4.79 Å². The van der Waals surface area contributed by atoms with Crippen LogP contribution in [0.4, 0.5) is 0 Å². The number of nitrogens with zero attached hydrogens (tertiary/aromatic N) is 4. The highest BCUT2D eigenvalue weighted by atomic mass is 16.2. The van der Waals surface area contributed by atoms with Crippen LogP contribution in [0.2, 0.25) is 0 Å². The molecule has 0 bridgehead atoms. The normalized spacial score (nSPS) is 16.1. The highest BCUT2D eigenvalue weighted by molar-refractivity contribution is 5.94. The van der Waals surface area contributed by atoms with Gasteiger partial charge in [0.15, 0.2) is 5.69 Å². The van der Waals surface area contributed by atoms with Crippen LogP contribution in [0.5, 0.6) is 0 Å². The second-order valence-corrected chi connectivity index (χ2v) is 8.66. The average molecular weight is 416 g/mol. The summed E-state index contributed by atoms with van der Waals surface area (Å²) in [6.07, 6.45) is 6.30. The van der Waals surface area contributed by atoms with Gasteiger partial charge in [0.1, 0.15) is 0 Å². The van der Waals surface area contributed by atoms with Crippen molar-refractivity contribution in [2.45, 2.75) is 45.3 Å². The van der Waals surface area contributed by atoms with Crippen LogP contribution in [0.25, 0.3) is 0 Å². The molecular formula is C25H29N5O. The van der Waals surface area contributed by atoms with Gasteiger partial charge in [0.25, 0.3) is 5.91 Å². The van der Waals surface area contributed by atoms with Crippen molar-refractivity contribution in [2.75, 3.05) is 13.1 Å². The molecule has 160 valence electrons. The molecule has 3 heterocycles. The number of amides is 1. The lowest BCUT2D eigenvalue weighted by Gasteiger charge is -2.27. The molecule has 1 aliphatic carbocycles. The summed E-state index contributed by atoms with van der Waals surface area (Å²) in [7, 11) is 0. The number of aromatic nitrogens is 3. The van der Waals surface area contributed by atoms with Gasteiger partial charge in [-0.3, -0.25) is 19.4 Å². The molecule has 1 fully saturated rings. The monoisotopic (exact) mass is 415 g/mol. The number of aryl methyl sites for hydroxylation is 2. The lowest BCUT2D eigenvalue weighted by molar-refractivity contribution is 0.0942. The quantitative estimate of drug-likeness (QED) is 0.614. The van der Waals surface area contributed by atoms with Gasteiger partial charge < -0.3 is 5.32 Å². The molecule has 0 unspecified atom stereocenters. The molecule has 0 atom stereocenters. The lowest BCUT2D eigenvalue weighted by Crippen LogP contribution is -2.34. The largest absolute Gasteiger partial charge is 0.345 e. The van der Waals surface area contributed by atoms with Gasteiger partial charge in [0.2, 0.25) is 0 Å². The van der Waals surface area contributed by atoms with E-state index in [-0.39, 0.29) is 5.91 Å². The molecule has 6 nitrogen and oxygen atoms in total. The zero-order valence-corrected chi connectivity index (χ0v) is 17.8. The number of benzene rings is 1. The maximum absolute atomic E-state index is 13.1. The van der Waals surface area contributed by atoms with Crippen molar-refractivity contribution in [3.63, 3.8) is 0 Å². The van der Waals surface area contributed by atoms with Crippen LogP contribution in [-0.2, 0) is 32.5 Å². The molecule has 31 heavy (non-hydrogen) atoms. The van der Waals surface area contributed by atoms with E-state index in [0.29, 0.717) is 12.2 Å².